The number of hydrogen-bond acceptors (Lipinski definition) is 2. The highest BCUT2D eigenvalue weighted by atomic mass is 16.2. The molecule has 0 aliphatic heterocycles. The second-order valence-electron chi connectivity index (χ2n) is 3.83. The fourth-order valence-corrected chi connectivity index (χ4v) is 1.56. The molecular weight excluding hydrogens is 226 g/mol. The monoisotopic (exact) mass is 241 g/mol. The first-order valence-corrected chi connectivity index (χ1v) is 5.84. The minimum Gasteiger partial charge on any atom is -0.337 e. The number of rotatable bonds is 4. The number of benzene rings is 1. The fourth-order valence-electron chi connectivity index (χ4n) is 1.56. The Morgan fingerprint density at radius 3 is 2.56 bits per heavy atom. The minimum absolute atomic E-state index is 0.232. The first kappa shape index (κ1) is 12.1. The van der Waals surface area contributed by atoms with Crippen LogP contribution < -0.4 is 10.6 Å². The van der Waals surface area contributed by atoms with Gasteiger partial charge in [0.25, 0.3) is 0 Å². The number of aromatic nitrogens is 1. The van der Waals surface area contributed by atoms with Gasteiger partial charge in [0.1, 0.15) is 5.82 Å². The predicted octanol–water partition coefficient (Wildman–Crippen LogP) is 2.45. The first-order valence-electron chi connectivity index (χ1n) is 5.84. The fraction of sp³-hybridized carbons (Fsp3) is 0.143. The molecule has 18 heavy (non-hydrogen) atoms. The van der Waals surface area contributed by atoms with E-state index < -0.39 is 0 Å². The van der Waals surface area contributed by atoms with Crippen LogP contribution in [0.3, 0.4) is 0 Å². The lowest BCUT2D eigenvalue weighted by Crippen LogP contribution is -2.30. The van der Waals surface area contributed by atoms with E-state index in [0.29, 0.717) is 12.4 Å². The van der Waals surface area contributed by atoms with Gasteiger partial charge in [-0.25, -0.2) is 9.78 Å². The van der Waals surface area contributed by atoms with Crippen LogP contribution in [0.4, 0.5) is 10.6 Å². The number of pyridine rings is 1. The second kappa shape index (κ2) is 6.39. The summed E-state index contributed by atoms with van der Waals surface area (Å²) in [6.07, 6.45) is 2.45. The van der Waals surface area contributed by atoms with Gasteiger partial charge in [-0.2, -0.15) is 0 Å². The largest absolute Gasteiger partial charge is 0.337 e. The van der Waals surface area contributed by atoms with Crippen LogP contribution in [0.5, 0.6) is 0 Å². The van der Waals surface area contributed by atoms with E-state index in [1.807, 2.05) is 36.4 Å². The number of anilines is 1. The Morgan fingerprint density at radius 2 is 1.83 bits per heavy atom. The maximum Gasteiger partial charge on any atom is 0.320 e. The summed E-state index contributed by atoms with van der Waals surface area (Å²) in [5.74, 6) is 0.551. The van der Waals surface area contributed by atoms with Crippen molar-refractivity contribution in [3.8, 4) is 0 Å². The number of nitrogens with zero attached hydrogens (tertiary/aromatic N) is 1. The summed E-state index contributed by atoms with van der Waals surface area (Å²) in [4.78, 5) is 15.6. The minimum atomic E-state index is -0.232. The summed E-state index contributed by atoms with van der Waals surface area (Å²) < 4.78 is 0. The summed E-state index contributed by atoms with van der Waals surface area (Å²) in [7, 11) is 0. The van der Waals surface area contributed by atoms with Gasteiger partial charge in [-0.15, -0.1) is 0 Å². The molecule has 4 heteroatoms. The maximum absolute atomic E-state index is 11.5. The van der Waals surface area contributed by atoms with Gasteiger partial charge in [0.2, 0.25) is 0 Å². The standard InChI is InChI=1S/C14H15N3O/c18-14(17-13-8-4-5-10-15-13)16-11-9-12-6-2-1-3-7-12/h1-8,10H,9,11H2,(H2,15,16,17,18). The number of nitrogens with one attached hydrogen (secondary N) is 2. The molecule has 0 spiro atoms. The molecule has 0 unspecified atom stereocenters. The molecule has 92 valence electrons. The quantitative estimate of drug-likeness (QED) is 0.863. The van der Waals surface area contributed by atoms with Crippen molar-refractivity contribution < 1.29 is 4.79 Å². The van der Waals surface area contributed by atoms with Gasteiger partial charge < -0.3 is 5.32 Å². The van der Waals surface area contributed by atoms with Crippen LogP contribution in [0.15, 0.2) is 54.7 Å². The lowest BCUT2D eigenvalue weighted by Gasteiger charge is -2.06. The van der Waals surface area contributed by atoms with Gasteiger partial charge in [-0.3, -0.25) is 5.32 Å². The Kier molecular flexibility index (Phi) is 4.30. The number of amides is 2. The van der Waals surface area contributed by atoms with E-state index in [2.05, 4.69) is 15.6 Å². The van der Waals surface area contributed by atoms with Crippen molar-refractivity contribution in [1.29, 1.82) is 0 Å². The molecule has 1 heterocycles. The van der Waals surface area contributed by atoms with Crippen molar-refractivity contribution >= 4 is 11.8 Å². The second-order valence-corrected chi connectivity index (χ2v) is 3.83. The Morgan fingerprint density at radius 1 is 1.06 bits per heavy atom. The van der Waals surface area contributed by atoms with E-state index >= 15 is 0 Å². The van der Waals surface area contributed by atoms with Crippen LogP contribution in [0, 0.1) is 0 Å². The van der Waals surface area contributed by atoms with Gasteiger partial charge in [0.15, 0.2) is 0 Å². The van der Waals surface area contributed by atoms with Crippen LogP contribution in [0.25, 0.3) is 0 Å². The molecule has 2 rings (SSSR count). The molecule has 0 fully saturated rings. The smallest absolute Gasteiger partial charge is 0.320 e. The summed E-state index contributed by atoms with van der Waals surface area (Å²) >= 11 is 0. The molecule has 0 saturated heterocycles. The van der Waals surface area contributed by atoms with Crippen LogP contribution in [-0.2, 0) is 6.42 Å². The van der Waals surface area contributed by atoms with Crippen molar-refractivity contribution in [3.63, 3.8) is 0 Å². The van der Waals surface area contributed by atoms with Crippen molar-refractivity contribution in [3.05, 3.63) is 60.3 Å². The van der Waals surface area contributed by atoms with Gasteiger partial charge in [-0.1, -0.05) is 36.4 Å². The molecule has 0 saturated carbocycles. The van der Waals surface area contributed by atoms with Crippen molar-refractivity contribution in [2.75, 3.05) is 11.9 Å². The summed E-state index contributed by atoms with van der Waals surface area (Å²) in [5.41, 5.74) is 1.20. The molecule has 1 aromatic carbocycles. The highest BCUT2D eigenvalue weighted by molar-refractivity contribution is 5.88. The van der Waals surface area contributed by atoms with E-state index in [9.17, 15) is 4.79 Å². The summed E-state index contributed by atoms with van der Waals surface area (Å²) in [6.45, 7) is 0.600. The van der Waals surface area contributed by atoms with E-state index in [4.69, 9.17) is 0 Å². The van der Waals surface area contributed by atoms with Gasteiger partial charge in [0, 0.05) is 12.7 Å². The zero-order valence-electron chi connectivity index (χ0n) is 9.97. The Balaban J connectivity index is 1.73. The topological polar surface area (TPSA) is 54.0 Å². The molecule has 0 bridgehead atoms. The van der Waals surface area contributed by atoms with Crippen molar-refractivity contribution in [2.24, 2.45) is 0 Å². The zero-order valence-corrected chi connectivity index (χ0v) is 9.97. The lowest BCUT2D eigenvalue weighted by atomic mass is 10.1. The van der Waals surface area contributed by atoms with Crippen molar-refractivity contribution in [2.45, 2.75) is 6.42 Å². The molecule has 4 nitrogen and oxygen atoms in total. The highest BCUT2D eigenvalue weighted by Crippen LogP contribution is 2.00. The molecule has 2 amide bonds. The van der Waals surface area contributed by atoms with E-state index in [0.717, 1.165) is 6.42 Å². The Hall–Kier alpha value is -2.36. The molecule has 2 N–H and O–H groups in total. The van der Waals surface area contributed by atoms with Gasteiger partial charge >= 0.3 is 6.03 Å². The number of hydrogen-bond donors (Lipinski definition) is 2. The average Bonchev–Trinajstić information content (AvgIpc) is 2.41. The Bertz CT molecular complexity index is 485. The Labute approximate surface area is 106 Å². The van der Waals surface area contributed by atoms with E-state index in [1.54, 1.807) is 18.3 Å². The van der Waals surface area contributed by atoms with Gasteiger partial charge in [0.05, 0.1) is 0 Å². The SMILES string of the molecule is O=C(NCCc1ccccc1)Nc1ccccn1. The molecule has 0 aliphatic rings. The molecule has 0 aliphatic carbocycles. The van der Waals surface area contributed by atoms with Crippen molar-refractivity contribution in [1.82, 2.24) is 10.3 Å². The van der Waals surface area contributed by atoms with Gasteiger partial charge in [-0.05, 0) is 24.1 Å². The third-order valence-electron chi connectivity index (χ3n) is 2.45. The maximum atomic E-state index is 11.5. The molecule has 2 aromatic rings. The molecular formula is C14H15N3O. The third kappa shape index (κ3) is 3.90. The van der Waals surface area contributed by atoms with Crippen LogP contribution in [0.2, 0.25) is 0 Å². The average molecular weight is 241 g/mol. The molecule has 0 atom stereocenters. The van der Waals surface area contributed by atoms with Crippen LogP contribution >= 0.6 is 0 Å². The van der Waals surface area contributed by atoms with E-state index in [-0.39, 0.29) is 6.03 Å². The molecule has 1 aromatic heterocycles. The number of urea groups is 1. The zero-order chi connectivity index (χ0) is 12.6. The first-order chi connectivity index (χ1) is 8.84. The predicted molar refractivity (Wildman–Crippen MR) is 71.4 cm³/mol. The third-order valence-corrected chi connectivity index (χ3v) is 2.45. The van der Waals surface area contributed by atoms with Crippen LogP contribution in [0.1, 0.15) is 5.56 Å². The highest BCUT2D eigenvalue weighted by Gasteiger charge is 2.00. The molecule has 0 radical (unpaired) electrons. The summed E-state index contributed by atoms with van der Waals surface area (Å²) in [6, 6.07) is 15.2. The van der Waals surface area contributed by atoms with E-state index in [1.165, 1.54) is 5.56 Å². The number of carbonyl (C=O) groups is 1. The van der Waals surface area contributed by atoms with Crippen LogP contribution in [-0.4, -0.2) is 17.6 Å². The number of carbonyl (C=O) groups excluding carboxylic acids is 1. The summed E-state index contributed by atoms with van der Waals surface area (Å²) in [5, 5.41) is 5.46. The lowest BCUT2D eigenvalue weighted by molar-refractivity contribution is 0.252. The normalized spacial score (nSPS) is 9.78.